The lowest BCUT2D eigenvalue weighted by Gasteiger charge is -2.12. The van der Waals surface area contributed by atoms with Crippen molar-refractivity contribution in [2.24, 2.45) is 5.73 Å². The number of pyridine rings is 1. The summed E-state index contributed by atoms with van der Waals surface area (Å²) in [7, 11) is 1.24. The number of hydrogen-bond donors (Lipinski definition) is 2. The Morgan fingerprint density at radius 3 is 2.65 bits per heavy atom. The van der Waals surface area contributed by atoms with Gasteiger partial charge in [0.25, 0.3) is 6.43 Å². The number of ether oxygens (including phenoxy) is 1. The number of rotatable bonds is 5. The van der Waals surface area contributed by atoms with Gasteiger partial charge in [0.2, 0.25) is 5.88 Å². The predicted octanol–water partition coefficient (Wildman–Crippen LogP) is 1.11. The van der Waals surface area contributed by atoms with Crippen LogP contribution in [0, 0.1) is 0 Å². The van der Waals surface area contributed by atoms with E-state index in [9.17, 15) is 13.6 Å². The molecule has 1 heterocycles. The van der Waals surface area contributed by atoms with Gasteiger partial charge in [-0.3, -0.25) is 4.79 Å². The van der Waals surface area contributed by atoms with Gasteiger partial charge in [0.15, 0.2) is 0 Å². The SMILES string of the molecule is COc1nc(C(F)F)c(CN)cc1CC(=O)O. The third kappa shape index (κ3) is 3.10. The third-order valence-electron chi connectivity index (χ3n) is 2.14. The molecular formula is C10H12F2N2O3. The summed E-state index contributed by atoms with van der Waals surface area (Å²) in [6.07, 6.45) is -3.13. The van der Waals surface area contributed by atoms with E-state index in [4.69, 9.17) is 15.6 Å². The zero-order valence-corrected chi connectivity index (χ0v) is 9.11. The largest absolute Gasteiger partial charge is 0.481 e. The summed E-state index contributed by atoms with van der Waals surface area (Å²) in [6.45, 7) is -0.136. The number of aliphatic carboxylic acids is 1. The second kappa shape index (κ2) is 5.53. The number of hydrogen-bond acceptors (Lipinski definition) is 4. The van der Waals surface area contributed by atoms with E-state index in [2.05, 4.69) is 4.98 Å². The van der Waals surface area contributed by atoms with Crippen molar-refractivity contribution in [3.63, 3.8) is 0 Å². The van der Waals surface area contributed by atoms with Crippen molar-refractivity contribution < 1.29 is 23.4 Å². The Balaban J connectivity index is 3.27. The molecule has 0 amide bonds. The minimum atomic E-state index is -2.78. The van der Waals surface area contributed by atoms with Crippen molar-refractivity contribution in [2.75, 3.05) is 7.11 Å². The fraction of sp³-hybridized carbons (Fsp3) is 0.400. The molecule has 0 aromatic carbocycles. The molecule has 0 saturated carbocycles. The highest BCUT2D eigenvalue weighted by atomic mass is 19.3. The highest BCUT2D eigenvalue weighted by Gasteiger charge is 2.19. The Labute approximate surface area is 96.2 Å². The molecule has 94 valence electrons. The molecule has 1 aromatic rings. The second-order valence-electron chi connectivity index (χ2n) is 3.28. The van der Waals surface area contributed by atoms with E-state index in [-0.39, 0.29) is 30.0 Å². The number of halogens is 2. The third-order valence-corrected chi connectivity index (χ3v) is 2.14. The molecule has 7 heteroatoms. The summed E-state index contributed by atoms with van der Waals surface area (Å²) in [5.74, 6) is -1.21. The van der Waals surface area contributed by atoms with Crippen molar-refractivity contribution in [3.8, 4) is 5.88 Å². The maximum absolute atomic E-state index is 12.6. The van der Waals surface area contributed by atoms with Gasteiger partial charge in [-0.25, -0.2) is 13.8 Å². The first-order valence-corrected chi connectivity index (χ1v) is 4.76. The van der Waals surface area contributed by atoms with Crippen LogP contribution in [-0.2, 0) is 17.8 Å². The lowest BCUT2D eigenvalue weighted by atomic mass is 10.1. The van der Waals surface area contributed by atoms with Crippen LogP contribution in [-0.4, -0.2) is 23.2 Å². The molecule has 0 aliphatic carbocycles. The highest BCUT2D eigenvalue weighted by molar-refractivity contribution is 5.71. The molecule has 0 aliphatic rings. The van der Waals surface area contributed by atoms with Gasteiger partial charge in [0.05, 0.1) is 13.5 Å². The molecule has 3 N–H and O–H groups in total. The summed E-state index contributed by atoms with van der Waals surface area (Å²) < 4.78 is 30.1. The van der Waals surface area contributed by atoms with Gasteiger partial charge in [0.1, 0.15) is 5.69 Å². The molecule has 0 unspecified atom stereocenters. The van der Waals surface area contributed by atoms with E-state index >= 15 is 0 Å². The van der Waals surface area contributed by atoms with E-state index < -0.39 is 18.1 Å². The molecule has 0 fully saturated rings. The lowest BCUT2D eigenvalue weighted by Crippen LogP contribution is -2.10. The predicted molar refractivity (Wildman–Crippen MR) is 55.0 cm³/mol. The topological polar surface area (TPSA) is 85.4 Å². The Morgan fingerprint density at radius 2 is 2.24 bits per heavy atom. The van der Waals surface area contributed by atoms with E-state index in [1.165, 1.54) is 13.2 Å². The van der Waals surface area contributed by atoms with Crippen LogP contribution in [0.15, 0.2) is 6.07 Å². The molecule has 0 saturated heterocycles. The number of aromatic nitrogens is 1. The van der Waals surface area contributed by atoms with E-state index in [0.29, 0.717) is 0 Å². The number of methoxy groups -OCH3 is 1. The Kier molecular flexibility index (Phi) is 4.33. The molecule has 0 atom stereocenters. The Bertz CT molecular complexity index is 424. The number of alkyl halides is 2. The van der Waals surface area contributed by atoms with E-state index in [1.54, 1.807) is 0 Å². The van der Waals surface area contributed by atoms with Crippen molar-refractivity contribution in [2.45, 2.75) is 19.4 Å². The van der Waals surface area contributed by atoms with E-state index in [1.807, 2.05) is 0 Å². The van der Waals surface area contributed by atoms with Gasteiger partial charge < -0.3 is 15.6 Å². The Morgan fingerprint density at radius 1 is 1.59 bits per heavy atom. The van der Waals surface area contributed by atoms with Crippen LogP contribution in [0.3, 0.4) is 0 Å². The first kappa shape index (κ1) is 13.3. The molecule has 0 aliphatic heterocycles. The van der Waals surface area contributed by atoms with Gasteiger partial charge in [-0.05, 0) is 11.6 Å². The molecule has 17 heavy (non-hydrogen) atoms. The smallest absolute Gasteiger partial charge is 0.308 e. The van der Waals surface area contributed by atoms with Crippen LogP contribution in [0.5, 0.6) is 5.88 Å². The van der Waals surface area contributed by atoms with E-state index in [0.717, 1.165) is 0 Å². The fourth-order valence-electron chi connectivity index (χ4n) is 1.42. The standard InChI is InChI=1S/C10H12F2N2O3/c1-17-10-5(3-7(15)16)2-6(4-13)8(14-10)9(11)12/h2,9H,3-4,13H2,1H3,(H,15,16). The summed E-state index contributed by atoms with van der Waals surface area (Å²) in [6, 6.07) is 1.29. The van der Waals surface area contributed by atoms with Gasteiger partial charge in [-0.15, -0.1) is 0 Å². The zero-order valence-electron chi connectivity index (χ0n) is 9.11. The first-order valence-electron chi connectivity index (χ1n) is 4.76. The Hall–Kier alpha value is -1.76. The van der Waals surface area contributed by atoms with Crippen LogP contribution in [0.1, 0.15) is 23.2 Å². The number of carbonyl (C=O) groups is 1. The summed E-state index contributed by atoms with van der Waals surface area (Å²) in [5, 5.41) is 8.67. The monoisotopic (exact) mass is 246 g/mol. The molecule has 0 radical (unpaired) electrons. The molecule has 1 rings (SSSR count). The lowest BCUT2D eigenvalue weighted by molar-refractivity contribution is -0.136. The number of nitrogens with two attached hydrogens (primary N) is 1. The maximum Gasteiger partial charge on any atom is 0.308 e. The number of carboxylic acids is 1. The maximum atomic E-state index is 12.6. The average molecular weight is 246 g/mol. The van der Waals surface area contributed by atoms with Crippen LogP contribution in [0.4, 0.5) is 8.78 Å². The van der Waals surface area contributed by atoms with Crippen LogP contribution < -0.4 is 10.5 Å². The number of carboxylic acid groups (broad SMARTS) is 1. The fourth-order valence-corrected chi connectivity index (χ4v) is 1.42. The molecule has 5 nitrogen and oxygen atoms in total. The van der Waals surface area contributed by atoms with Crippen LogP contribution in [0.2, 0.25) is 0 Å². The van der Waals surface area contributed by atoms with Gasteiger partial charge in [-0.2, -0.15) is 0 Å². The molecule has 0 spiro atoms. The first-order chi connectivity index (χ1) is 7.99. The zero-order chi connectivity index (χ0) is 13.0. The molecule has 0 bridgehead atoms. The normalized spacial score (nSPS) is 10.6. The summed E-state index contributed by atoms with van der Waals surface area (Å²) >= 11 is 0. The molecule has 1 aromatic heterocycles. The minimum Gasteiger partial charge on any atom is -0.481 e. The minimum absolute atomic E-state index is 0.111. The van der Waals surface area contributed by atoms with Gasteiger partial charge in [0, 0.05) is 12.1 Å². The summed E-state index contributed by atoms with van der Waals surface area (Å²) in [5.41, 5.74) is 5.19. The molecular weight excluding hydrogens is 234 g/mol. The highest BCUT2D eigenvalue weighted by Crippen LogP contribution is 2.26. The average Bonchev–Trinajstić information content (AvgIpc) is 2.27. The summed E-state index contributed by atoms with van der Waals surface area (Å²) in [4.78, 5) is 14.2. The van der Waals surface area contributed by atoms with Crippen molar-refractivity contribution in [1.29, 1.82) is 0 Å². The van der Waals surface area contributed by atoms with Gasteiger partial charge >= 0.3 is 5.97 Å². The van der Waals surface area contributed by atoms with Crippen LogP contribution in [0.25, 0.3) is 0 Å². The second-order valence-corrected chi connectivity index (χ2v) is 3.28. The van der Waals surface area contributed by atoms with Crippen LogP contribution >= 0.6 is 0 Å². The quantitative estimate of drug-likeness (QED) is 0.812. The van der Waals surface area contributed by atoms with Crippen molar-refractivity contribution in [3.05, 3.63) is 22.9 Å². The number of nitrogens with zero attached hydrogens (tertiary/aromatic N) is 1. The van der Waals surface area contributed by atoms with Crippen molar-refractivity contribution in [1.82, 2.24) is 4.98 Å². The van der Waals surface area contributed by atoms with Gasteiger partial charge in [-0.1, -0.05) is 0 Å². The van der Waals surface area contributed by atoms with Crippen molar-refractivity contribution >= 4 is 5.97 Å².